The van der Waals surface area contributed by atoms with Crippen molar-refractivity contribution in [3.8, 4) is 11.4 Å². The van der Waals surface area contributed by atoms with E-state index in [0.29, 0.717) is 48.8 Å². The number of halogens is 1. The van der Waals surface area contributed by atoms with E-state index in [0.717, 1.165) is 5.56 Å². The van der Waals surface area contributed by atoms with Crippen molar-refractivity contribution < 1.29 is 9.26 Å². The van der Waals surface area contributed by atoms with E-state index in [1.807, 2.05) is 12.1 Å². The number of aromatic nitrogens is 2. The van der Waals surface area contributed by atoms with Crippen LogP contribution in [0.15, 0.2) is 33.8 Å². The summed E-state index contributed by atoms with van der Waals surface area (Å²) in [7, 11) is 3.37. The molecule has 23 heavy (non-hydrogen) atoms. The fraction of sp³-hybridized carbons (Fsp3) is 0.400. The third-order valence-corrected chi connectivity index (χ3v) is 3.24. The molecule has 7 nitrogen and oxygen atoms in total. The van der Waals surface area contributed by atoms with E-state index in [1.165, 1.54) is 0 Å². The first-order chi connectivity index (χ1) is 11.2. The maximum atomic E-state index is 5.96. The van der Waals surface area contributed by atoms with E-state index in [4.69, 9.17) is 20.9 Å². The molecular weight excluding hydrogens is 318 g/mol. The lowest BCUT2D eigenvalue weighted by Gasteiger charge is -2.10. The molecule has 2 N–H and O–H groups in total. The van der Waals surface area contributed by atoms with Gasteiger partial charge in [-0.15, -0.1) is 0 Å². The zero-order valence-electron chi connectivity index (χ0n) is 13.2. The van der Waals surface area contributed by atoms with Gasteiger partial charge in [0.2, 0.25) is 11.7 Å². The minimum Gasteiger partial charge on any atom is -0.383 e. The highest BCUT2D eigenvalue weighted by Crippen LogP contribution is 2.19. The maximum absolute atomic E-state index is 5.96. The zero-order chi connectivity index (χ0) is 16.5. The molecule has 124 valence electrons. The van der Waals surface area contributed by atoms with Gasteiger partial charge >= 0.3 is 0 Å². The molecule has 2 rings (SSSR count). The Hall–Kier alpha value is -2.12. The highest BCUT2D eigenvalue weighted by molar-refractivity contribution is 6.30. The van der Waals surface area contributed by atoms with Crippen LogP contribution in [0.3, 0.4) is 0 Å². The summed E-state index contributed by atoms with van der Waals surface area (Å²) >= 11 is 5.96. The first-order valence-electron chi connectivity index (χ1n) is 7.25. The summed E-state index contributed by atoms with van der Waals surface area (Å²) in [5, 5.41) is 10.9. The molecule has 0 saturated carbocycles. The van der Waals surface area contributed by atoms with Gasteiger partial charge in [0.15, 0.2) is 5.96 Å². The lowest BCUT2D eigenvalue weighted by molar-refractivity contribution is 0.203. The predicted molar refractivity (Wildman–Crippen MR) is 89.7 cm³/mol. The number of hydrogen-bond donors (Lipinski definition) is 2. The van der Waals surface area contributed by atoms with Crippen LogP contribution in [0.2, 0.25) is 5.02 Å². The van der Waals surface area contributed by atoms with Gasteiger partial charge in [-0.1, -0.05) is 28.9 Å². The van der Waals surface area contributed by atoms with Gasteiger partial charge in [0.05, 0.1) is 6.61 Å². The van der Waals surface area contributed by atoms with Gasteiger partial charge in [-0.05, 0) is 12.1 Å². The van der Waals surface area contributed by atoms with Crippen LogP contribution < -0.4 is 10.6 Å². The van der Waals surface area contributed by atoms with Crippen LogP contribution in [-0.4, -0.2) is 50.0 Å². The number of guanidine groups is 1. The topological polar surface area (TPSA) is 84.6 Å². The summed E-state index contributed by atoms with van der Waals surface area (Å²) in [5.41, 5.74) is 0.831. The Balaban J connectivity index is 1.83. The van der Waals surface area contributed by atoms with Gasteiger partial charge in [-0.3, -0.25) is 4.99 Å². The summed E-state index contributed by atoms with van der Waals surface area (Å²) in [6.07, 6.45) is 0.596. The number of aliphatic imine (C=N–C) groups is 1. The Labute approximate surface area is 140 Å². The molecule has 0 atom stereocenters. The minimum absolute atomic E-state index is 0.533. The number of rotatable bonds is 7. The summed E-state index contributed by atoms with van der Waals surface area (Å²) < 4.78 is 10.2. The number of benzene rings is 1. The van der Waals surface area contributed by atoms with E-state index in [1.54, 1.807) is 26.3 Å². The molecule has 2 aromatic rings. The average molecular weight is 338 g/mol. The first kappa shape index (κ1) is 17.2. The molecule has 1 aromatic carbocycles. The normalized spacial score (nSPS) is 11.5. The zero-order valence-corrected chi connectivity index (χ0v) is 13.9. The Morgan fingerprint density at radius 1 is 1.35 bits per heavy atom. The molecular formula is C15H20ClN5O2. The number of nitrogens with zero attached hydrogens (tertiary/aromatic N) is 3. The average Bonchev–Trinajstić information content (AvgIpc) is 3.02. The van der Waals surface area contributed by atoms with E-state index in [-0.39, 0.29) is 0 Å². The molecule has 0 amide bonds. The molecule has 0 aliphatic rings. The fourth-order valence-corrected chi connectivity index (χ4v) is 2.07. The first-order valence-corrected chi connectivity index (χ1v) is 7.62. The summed E-state index contributed by atoms with van der Waals surface area (Å²) in [5.74, 6) is 1.79. The van der Waals surface area contributed by atoms with E-state index >= 15 is 0 Å². The molecule has 0 radical (unpaired) electrons. The lowest BCUT2D eigenvalue weighted by atomic mass is 10.2. The van der Waals surface area contributed by atoms with Crippen molar-refractivity contribution in [3.05, 3.63) is 35.2 Å². The number of ether oxygens (including phenoxy) is 1. The van der Waals surface area contributed by atoms with Crippen molar-refractivity contribution in [3.63, 3.8) is 0 Å². The quantitative estimate of drug-likeness (QED) is 0.455. The van der Waals surface area contributed by atoms with E-state index in [2.05, 4.69) is 25.8 Å². The second kappa shape index (κ2) is 9.12. The minimum atomic E-state index is 0.533. The number of nitrogens with one attached hydrogen (secondary N) is 2. The smallest absolute Gasteiger partial charge is 0.228 e. The van der Waals surface area contributed by atoms with Crippen molar-refractivity contribution in [2.45, 2.75) is 6.42 Å². The van der Waals surface area contributed by atoms with Gasteiger partial charge in [-0.25, -0.2) is 0 Å². The highest BCUT2D eigenvalue weighted by atomic mass is 35.5. The molecule has 0 bridgehead atoms. The second-order valence-corrected chi connectivity index (χ2v) is 5.13. The van der Waals surface area contributed by atoms with Crippen LogP contribution in [0.4, 0.5) is 0 Å². The van der Waals surface area contributed by atoms with Crippen molar-refractivity contribution >= 4 is 17.6 Å². The molecule has 0 aliphatic heterocycles. The Morgan fingerprint density at radius 2 is 2.17 bits per heavy atom. The summed E-state index contributed by atoms with van der Waals surface area (Å²) in [6.45, 7) is 1.94. The monoisotopic (exact) mass is 337 g/mol. The van der Waals surface area contributed by atoms with Gasteiger partial charge in [0, 0.05) is 44.3 Å². The van der Waals surface area contributed by atoms with E-state index < -0.39 is 0 Å². The third-order valence-electron chi connectivity index (χ3n) is 3.00. The van der Waals surface area contributed by atoms with Crippen molar-refractivity contribution in [2.24, 2.45) is 4.99 Å². The van der Waals surface area contributed by atoms with Gasteiger partial charge in [-0.2, -0.15) is 4.98 Å². The van der Waals surface area contributed by atoms with Crippen LogP contribution in [0.5, 0.6) is 0 Å². The second-order valence-electron chi connectivity index (χ2n) is 4.69. The third kappa shape index (κ3) is 5.54. The fourth-order valence-electron chi connectivity index (χ4n) is 1.88. The Kier molecular flexibility index (Phi) is 6.83. The maximum Gasteiger partial charge on any atom is 0.228 e. The van der Waals surface area contributed by atoms with Gasteiger partial charge in [0.25, 0.3) is 0 Å². The Morgan fingerprint density at radius 3 is 2.91 bits per heavy atom. The molecule has 0 saturated heterocycles. The largest absolute Gasteiger partial charge is 0.383 e. The molecule has 0 fully saturated rings. The molecule has 0 unspecified atom stereocenters. The highest BCUT2D eigenvalue weighted by Gasteiger charge is 2.09. The van der Waals surface area contributed by atoms with Crippen molar-refractivity contribution in [1.82, 2.24) is 20.8 Å². The summed E-state index contributed by atoms with van der Waals surface area (Å²) in [6, 6.07) is 7.35. The van der Waals surface area contributed by atoms with Crippen molar-refractivity contribution in [1.29, 1.82) is 0 Å². The van der Waals surface area contributed by atoms with E-state index in [9.17, 15) is 0 Å². The van der Waals surface area contributed by atoms with Crippen LogP contribution in [0.1, 0.15) is 5.89 Å². The predicted octanol–water partition coefficient (Wildman–Crippen LogP) is 1.74. The van der Waals surface area contributed by atoms with Crippen LogP contribution in [0, 0.1) is 0 Å². The molecule has 1 aromatic heterocycles. The van der Waals surface area contributed by atoms with Gasteiger partial charge in [0.1, 0.15) is 0 Å². The molecule has 0 aliphatic carbocycles. The SMILES string of the molecule is CN=C(NCCOC)NCCc1nc(-c2cccc(Cl)c2)no1. The standard InChI is InChI=1S/C15H20ClN5O2/c1-17-15(19-8-9-22-2)18-7-6-13-20-14(21-23-13)11-4-3-5-12(16)10-11/h3-5,10H,6-9H2,1-2H3,(H2,17,18,19). The summed E-state index contributed by atoms with van der Waals surface area (Å²) in [4.78, 5) is 8.47. The molecule has 8 heteroatoms. The lowest BCUT2D eigenvalue weighted by Crippen LogP contribution is -2.39. The Bertz CT molecular complexity index is 644. The van der Waals surface area contributed by atoms with Crippen molar-refractivity contribution in [2.75, 3.05) is 33.9 Å². The number of methoxy groups -OCH3 is 1. The molecule has 0 spiro atoms. The van der Waals surface area contributed by atoms with Crippen LogP contribution >= 0.6 is 11.6 Å². The van der Waals surface area contributed by atoms with Crippen LogP contribution in [-0.2, 0) is 11.2 Å². The molecule has 1 heterocycles. The van der Waals surface area contributed by atoms with Gasteiger partial charge < -0.3 is 19.9 Å². The number of hydrogen-bond acceptors (Lipinski definition) is 5. The van der Waals surface area contributed by atoms with Crippen LogP contribution in [0.25, 0.3) is 11.4 Å².